The van der Waals surface area contributed by atoms with Gasteiger partial charge < -0.3 is 20.7 Å². The highest BCUT2D eigenvalue weighted by molar-refractivity contribution is 8.00. The minimum absolute atomic E-state index is 0.0408. The highest BCUT2D eigenvalue weighted by Gasteiger charge is 2.20. The van der Waals surface area contributed by atoms with Gasteiger partial charge in [0.25, 0.3) is 11.8 Å². The van der Waals surface area contributed by atoms with Gasteiger partial charge in [0.15, 0.2) is 0 Å². The van der Waals surface area contributed by atoms with Crippen LogP contribution in [0.1, 0.15) is 34.8 Å². The molecule has 0 spiro atoms. The number of ether oxygens (including phenoxy) is 1. The van der Waals surface area contributed by atoms with Gasteiger partial charge in [0.2, 0.25) is 5.91 Å². The molecule has 1 atom stereocenters. The summed E-state index contributed by atoms with van der Waals surface area (Å²) in [6, 6.07) is 28.5. The molecule has 0 aliphatic rings. The Morgan fingerprint density at radius 1 is 0.907 bits per heavy atom. The Balaban J connectivity index is 1.53. The van der Waals surface area contributed by atoms with Crippen molar-refractivity contribution in [3.05, 3.63) is 124 Å². The average molecular weight is 614 g/mol. The predicted octanol–water partition coefficient (Wildman–Crippen LogP) is 7.58. The molecule has 7 nitrogen and oxygen atoms in total. The van der Waals surface area contributed by atoms with Gasteiger partial charge in [-0.1, -0.05) is 67.1 Å². The van der Waals surface area contributed by atoms with E-state index in [2.05, 4.69) is 16.0 Å². The Morgan fingerprint density at radius 2 is 1.63 bits per heavy atom. The first-order valence-corrected chi connectivity index (χ1v) is 14.9. The van der Waals surface area contributed by atoms with Gasteiger partial charge in [-0.25, -0.2) is 0 Å². The van der Waals surface area contributed by atoms with Crippen molar-refractivity contribution in [3.63, 3.8) is 0 Å². The van der Waals surface area contributed by atoms with Gasteiger partial charge in [-0.05, 0) is 73.5 Å². The lowest BCUT2D eigenvalue weighted by molar-refractivity contribution is -0.116. The standard InChI is InChI=1S/C34H32ClN3O4S/c1-4-31(34(41)37-28-18-11-17-27(35)22(28)2)43-26-16-10-15-25(21-26)36-33(40)29(20-24-14-8-9-19-30(24)42-3)38-32(39)23-12-6-5-7-13-23/h5-21,31H,4H2,1-3H3,(H,36,40)(H,37,41)(H,38,39)/b29-20+. The summed E-state index contributed by atoms with van der Waals surface area (Å²) in [5, 5.41) is 8.80. The van der Waals surface area contributed by atoms with Gasteiger partial charge in [-0.3, -0.25) is 14.4 Å². The smallest absolute Gasteiger partial charge is 0.272 e. The van der Waals surface area contributed by atoms with E-state index in [1.165, 1.54) is 18.9 Å². The van der Waals surface area contributed by atoms with Crippen LogP contribution >= 0.6 is 23.4 Å². The van der Waals surface area contributed by atoms with Crippen LogP contribution < -0.4 is 20.7 Å². The maximum absolute atomic E-state index is 13.5. The van der Waals surface area contributed by atoms with Crippen molar-refractivity contribution in [1.82, 2.24) is 5.32 Å². The van der Waals surface area contributed by atoms with E-state index in [-0.39, 0.29) is 16.9 Å². The molecule has 4 rings (SSSR count). The lowest BCUT2D eigenvalue weighted by Gasteiger charge is -2.17. The molecule has 0 fully saturated rings. The molecule has 0 saturated carbocycles. The van der Waals surface area contributed by atoms with Crippen molar-refractivity contribution in [1.29, 1.82) is 0 Å². The lowest BCUT2D eigenvalue weighted by atomic mass is 10.1. The van der Waals surface area contributed by atoms with E-state index >= 15 is 0 Å². The number of anilines is 2. The quantitative estimate of drug-likeness (QED) is 0.120. The zero-order valence-electron chi connectivity index (χ0n) is 24.0. The molecule has 4 aromatic rings. The molecule has 0 heterocycles. The molecule has 220 valence electrons. The van der Waals surface area contributed by atoms with Gasteiger partial charge in [-0.2, -0.15) is 0 Å². The summed E-state index contributed by atoms with van der Waals surface area (Å²) >= 11 is 7.61. The Bertz CT molecular complexity index is 1640. The van der Waals surface area contributed by atoms with Crippen LogP contribution in [0.4, 0.5) is 11.4 Å². The summed E-state index contributed by atoms with van der Waals surface area (Å²) in [6.45, 7) is 3.80. The molecule has 3 N–H and O–H groups in total. The largest absolute Gasteiger partial charge is 0.496 e. The number of methoxy groups -OCH3 is 1. The molecule has 0 bridgehead atoms. The molecule has 0 radical (unpaired) electrons. The van der Waals surface area contributed by atoms with Crippen LogP contribution in [0.5, 0.6) is 5.75 Å². The molecular weight excluding hydrogens is 582 g/mol. The van der Waals surface area contributed by atoms with Crippen LogP contribution in [0.25, 0.3) is 6.08 Å². The van der Waals surface area contributed by atoms with Gasteiger partial charge in [-0.15, -0.1) is 11.8 Å². The average Bonchev–Trinajstić information content (AvgIpc) is 3.02. The molecule has 0 aliphatic heterocycles. The molecule has 0 saturated heterocycles. The zero-order valence-corrected chi connectivity index (χ0v) is 25.6. The SMILES string of the molecule is CCC(Sc1cccc(NC(=O)/C(=C\c2ccccc2OC)NC(=O)c2ccccc2)c1)C(=O)Nc1cccc(Cl)c1C. The van der Waals surface area contributed by atoms with Crippen LogP contribution in [0, 0.1) is 6.92 Å². The van der Waals surface area contributed by atoms with Crippen LogP contribution in [-0.2, 0) is 9.59 Å². The highest BCUT2D eigenvalue weighted by atomic mass is 35.5. The second-order valence-corrected chi connectivity index (χ2v) is 11.2. The molecule has 3 amide bonds. The number of carbonyl (C=O) groups is 3. The minimum Gasteiger partial charge on any atom is -0.496 e. The summed E-state index contributed by atoms with van der Waals surface area (Å²) in [5.74, 6) is -0.526. The summed E-state index contributed by atoms with van der Waals surface area (Å²) in [4.78, 5) is 40.4. The lowest BCUT2D eigenvalue weighted by Crippen LogP contribution is -2.30. The van der Waals surface area contributed by atoms with E-state index in [1.807, 2.05) is 44.2 Å². The fourth-order valence-corrected chi connectivity index (χ4v) is 5.36. The van der Waals surface area contributed by atoms with Crippen LogP contribution in [0.15, 0.2) is 108 Å². The van der Waals surface area contributed by atoms with Crippen LogP contribution in [0.3, 0.4) is 0 Å². The van der Waals surface area contributed by atoms with Gasteiger partial charge in [0.1, 0.15) is 11.4 Å². The number of amides is 3. The highest BCUT2D eigenvalue weighted by Crippen LogP contribution is 2.30. The summed E-state index contributed by atoms with van der Waals surface area (Å²) in [7, 11) is 1.54. The maximum Gasteiger partial charge on any atom is 0.272 e. The number of halogens is 1. The molecule has 43 heavy (non-hydrogen) atoms. The van der Waals surface area contributed by atoms with Gasteiger partial charge in [0.05, 0.1) is 12.4 Å². The van der Waals surface area contributed by atoms with Crippen LogP contribution in [-0.4, -0.2) is 30.1 Å². The Hall–Kier alpha value is -4.53. The number of hydrogen-bond acceptors (Lipinski definition) is 5. The van der Waals surface area contributed by atoms with Gasteiger partial charge >= 0.3 is 0 Å². The monoisotopic (exact) mass is 613 g/mol. The van der Waals surface area contributed by atoms with Crippen LogP contribution in [0.2, 0.25) is 5.02 Å². The van der Waals surface area contributed by atoms with Crippen molar-refractivity contribution >= 4 is 58.5 Å². The zero-order chi connectivity index (χ0) is 30.8. The minimum atomic E-state index is -0.515. The van der Waals surface area contributed by atoms with Gasteiger partial charge in [0, 0.05) is 32.4 Å². The third-order valence-corrected chi connectivity index (χ3v) is 8.29. The number of hydrogen-bond donors (Lipinski definition) is 3. The third-order valence-electron chi connectivity index (χ3n) is 6.53. The summed E-state index contributed by atoms with van der Waals surface area (Å²) < 4.78 is 5.44. The van der Waals surface area contributed by atoms with E-state index in [1.54, 1.807) is 72.8 Å². The van der Waals surface area contributed by atoms with Crippen molar-refractivity contribution in [2.45, 2.75) is 30.4 Å². The molecule has 9 heteroatoms. The van der Waals surface area contributed by atoms with E-state index in [4.69, 9.17) is 16.3 Å². The molecule has 4 aromatic carbocycles. The Labute approximate surface area is 260 Å². The number of carbonyl (C=O) groups excluding carboxylic acids is 3. The third kappa shape index (κ3) is 8.50. The van der Waals surface area contributed by atoms with E-state index in [0.717, 1.165) is 10.5 Å². The van der Waals surface area contributed by atoms with Crippen molar-refractivity contribution < 1.29 is 19.1 Å². The number of nitrogens with one attached hydrogen (secondary N) is 3. The van der Waals surface area contributed by atoms with Crippen molar-refractivity contribution in [2.24, 2.45) is 0 Å². The second-order valence-electron chi connectivity index (χ2n) is 9.52. The first kappa shape index (κ1) is 31.4. The number of para-hydroxylation sites is 1. The van der Waals surface area contributed by atoms with E-state index in [0.29, 0.717) is 39.7 Å². The number of rotatable bonds is 11. The molecule has 0 aromatic heterocycles. The fraction of sp³-hybridized carbons (Fsp3) is 0.147. The fourth-order valence-electron chi connectivity index (χ4n) is 4.17. The number of thioether (sulfide) groups is 1. The summed E-state index contributed by atoms with van der Waals surface area (Å²) in [6.07, 6.45) is 2.16. The van der Waals surface area contributed by atoms with Crippen molar-refractivity contribution in [2.75, 3.05) is 17.7 Å². The molecular formula is C34H32ClN3O4S. The Kier molecular flexibility index (Phi) is 11.0. The second kappa shape index (κ2) is 15.1. The predicted molar refractivity (Wildman–Crippen MR) is 175 cm³/mol. The van der Waals surface area contributed by atoms with E-state index < -0.39 is 11.8 Å². The molecule has 0 aliphatic carbocycles. The van der Waals surface area contributed by atoms with Crippen molar-refractivity contribution in [3.8, 4) is 5.75 Å². The Morgan fingerprint density at radius 3 is 2.37 bits per heavy atom. The summed E-state index contributed by atoms with van der Waals surface area (Å²) in [5.41, 5.74) is 3.06. The maximum atomic E-state index is 13.5. The first-order valence-electron chi connectivity index (χ1n) is 13.6. The normalized spacial score (nSPS) is 11.8. The number of benzene rings is 4. The topological polar surface area (TPSA) is 96.5 Å². The van der Waals surface area contributed by atoms with E-state index in [9.17, 15) is 14.4 Å². The molecule has 1 unspecified atom stereocenters. The first-order chi connectivity index (χ1) is 20.8.